The van der Waals surface area contributed by atoms with Crippen molar-refractivity contribution in [3.8, 4) is 0 Å². The van der Waals surface area contributed by atoms with Crippen LogP contribution >= 0.6 is 35.6 Å². The zero-order chi connectivity index (χ0) is 21.3. The molecule has 1 heterocycles. The maximum atomic E-state index is 13.1. The van der Waals surface area contributed by atoms with Crippen LogP contribution in [0.1, 0.15) is 18.4 Å². The van der Waals surface area contributed by atoms with Gasteiger partial charge in [-0.15, -0.1) is 24.0 Å². The third kappa shape index (κ3) is 4.89. The molecule has 4 atom stereocenters. The summed E-state index contributed by atoms with van der Waals surface area (Å²) in [6.07, 6.45) is 6.46. The molecule has 9 heteroatoms. The van der Waals surface area contributed by atoms with Gasteiger partial charge in [-0.2, -0.15) is 0 Å². The topological polar surface area (TPSA) is 73.8 Å². The van der Waals surface area contributed by atoms with E-state index in [-0.39, 0.29) is 65.3 Å². The van der Waals surface area contributed by atoms with Crippen LogP contribution in [-0.4, -0.2) is 49.4 Å². The minimum atomic E-state index is -0.350. The highest BCUT2D eigenvalue weighted by molar-refractivity contribution is 14.0. The maximum Gasteiger partial charge on any atom is 0.233 e. The predicted molar refractivity (Wildman–Crippen MR) is 129 cm³/mol. The van der Waals surface area contributed by atoms with E-state index in [1.165, 1.54) is 17.0 Å². The number of likely N-dealkylation sites (tertiary alicyclic amines) is 1. The average molecular weight is 561 g/mol. The number of imide groups is 1. The van der Waals surface area contributed by atoms with Gasteiger partial charge >= 0.3 is 0 Å². The molecule has 3 aliphatic rings. The molecule has 1 aliphatic heterocycles. The lowest BCUT2D eigenvalue weighted by Gasteiger charge is -2.18. The van der Waals surface area contributed by atoms with Crippen molar-refractivity contribution in [3.63, 3.8) is 0 Å². The van der Waals surface area contributed by atoms with Crippen LogP contribution in [0.15, 0.2) is 35.3 Å². The fourth-order valence-corrected chi connectivity index (χ4v) is 5.15. The van der Waals surface area contributed by atoms with E-state index in [1.807, 2.05) is 0 Å². The number of fused-ring (bicyclic) bond motifs is 5. The Balaban J connectivity index is 0.00000272. The molecule has 2 amide bonds. The molecular formula is C22H27ClFIN4O2. The molecule has 0 radical (unpaired) electrons. The monoisotopic (exact) mass is 560 g/mol. The number of allylic oxidation sites excluding steroid dienone is 2. The molecule has 2 N–H and O–H groups in total. The zero-order valence-electron chi connectivity index (χ0n) is 17.3. The minimum absolute atomic E-state index is 0. The van der Waals surface area contributed by atoms with Crippen LogP contribution in [0.2, 0.25) is 5.02 Å². The zero-order valence-corrected chi connectivity index (χ0v) is 20.4. The van der Waals surface area contributed by atoms with Crippen LogP contribution in [0.4, 0.5) is 4.39 Å². The van der Waals surface area contributed by atoms with Crippen molar-refractivity contribution in [2.24, 2.45) is 28.7 Å². The number of halogens is 3. The quantitative estimate of drug-likeness (QED) is 0.134. The minimum Gasteiger partial charge on any atom is -0.356 e. The van der Waals surface area contributed by atoms with E-state index in [4.69, 9.17) is 11.6 Å². The second kappa shape index (κ2) is 10.3. The van der Waals surface area contributed by atoms with E-state index in [0.29, 0.717) is 43.5 Å². The number of benzene rings is 1. The fourth-order valence-electron chi connectivity index (χ4n) is 4.89. The van der Waals surface area contributed by atoms with Crippen molar-refractivity contribution >= 4 is 53.4 Å². The number of hydrogen-bond donors (Lipinski definition) is 2. The van der Waals surface area contributed by atoms with Crippen LogP contribution in [0.3, 0.4) is 0 Å². The molecule has 2 fully saturated rings. The Labute approximate surface area is 203 Å². The van der Waals surface area contributed by atoms with Crippen molar-refractivity contribution in [2.75, 3.05) is 26.7 Å². The third-order valence-electron chi connectivity index (χ3n) is 6.34. The largest absolute Gasteiger partial charge is 0.356 e. The smallest absolute Gasteiger partial charge is 0.233 e. The fraction of sp³-hybridized carbons (Fsp3) is 0.500. The Morgan fingerprint density at radius 3 is 2.42 bits per heavy atom. The summed E-state index contributed by atoms with van der Waals surface area (Å²) in [5, 5.41) is 6.80. The summed E-state index contributed by atoms with van der Waals surface area (Å²) in [5.74, 6) is 0.514. The van der Waals surface area contributed by atoms with E-state index in [9.17, 15) is 14.0 Å². The van der Waals surface area contributed by atoms with E-state index in [2.05, 4.69) is 27.8 Å². The molecular weight excluding hydrogens is 534 g/mol. The average Bonchev–Trinajstić information content (AvgIpc) is 3.40. The molecule has 31 heavy (non-hydrogen) atoms. The lowest BCUT2D eigenvalue weighted by Crippen LogP contribution is -2.40. The summed E-state index contributed by atoms with van der Waals surface area (Å²) >= 11 is 6.05. The normalized spacial score (nSPS) is 26.3. The van der Waals surface area contributed by atoms with Gasteiger partial charge in [0.05, 0.1) is 11.8 Å². The van der Waals surface area contributed by atoms with Gasteiger partial charge in [-0.25, -0.2) is 4.39 Å². The number of nitrogens with one attached hydrogen (secondary N) is 2. The van der Waals surface area contributed by atoms with Gasteiger partial charge in [0.25, 0.3) is 0 Å². The Morgan fingerprint density at radius 2 is 1.81 bits per heavy atom. The summed E-state index contributed by atoms with van der Waals surface area (Å²) in [4.78, 5) is 31.0. The van der Waals surface area contributed by atoms with Crippen LogP contribution < -0.4 is 10.6 Å². The number of hydrogen-bond acceptors (Lipinski definition) is 3. The van der Waals surface area contributed by atoms with E-state index < -0.39 is 0 Å². The number of guanidine groups is 1. The lowest BCUT2D eigenvalue weighted by molar-refractivity contribution is -0.140. The van der Waals surface area contributed by atoms with Gasteiger partial charge in [-0.05, 0) is 48.8 Å². The Morgan fingerprint density at radius 1 is 1.16 bits per heavy atom. The standard InChI is InChI=1S/C22H26ClFN4O2.HI/c1-25-22(27-9-7-13-5-6-16(24)12-17(13)23)26-8-2-10-28-20(29)18-14-3-4-15(11-14)19(18)21(28)30;/h3-6,12,14-15,18-19H,2,7-11H2,1H3,(H2,25,26,27);1H. The van der Waals surface area contributed by atoms with Gasteiger partial charge in [-0.3, -0.25) is 19.5 Å². The first-order chi connectivity index (χ1) is 14.5. The van der Waals surface area contributed by atoms with Crippen LogP contribution in [0, 0.1) is 29.5 Å². The number of rotatable bonds is 7. The van der Waals surface area contributed by atoms with Crippen LogP contribution in [0.5, 0.6) is 0 Å². The third-order valence-corrected chi connectivity index (χ3v) is 6.69. The maximum absolute atomic E-state index is 13.1. The molecule has 6 nitrogen and oxygen atoms in total. The molecule has 1 aromatic carbocycles. The molecule has 2 bridgehead atoms. The highest BCUT2D eigenvalue weighted by atomic mass is 127. The molecule has 1 aromatic rings. The van der Waals surface area contributed by atoms with Crippen molar-refractivity contribution < 1.29 is 14.0 Å². The van der Waals surface area contributed by atoms with Crippen molar-refractivity contribution in [1.82, 2.24) is 15.5 Å². The van der Waals surface area contributed by atoms with Gasteiger partial charge in [0.1, 0.15) is 5.82 Å². The first kappa shape index (κ1) is 24.0. The number of carbonyl (C=O) groups is 2. The predicted octanol–water partition coefficient (Wildman–Crippen LogP) is 3.00. The van der Waals surface area contributed by atoms with Gasteiger partial charge in [0.2, 0.25) is 11.8 Å². The molecule has 4 rings (SSSR count). The number of aliphatic imine (C=N–C) groups is 1. The first-order valence-corrected chi connectivity index (χ1v) is 10.8. The second-order valence-corrected chi connectivity index (χ2v) is 8.50. The van der Waals surface area contributed by atoms with E-state index in [1.54, 1.807) is 13.1 Å². The van der Waals surface area contributed by atoms with Crippen molar-refractivity contribution in [1.29, 1.82) is 0 Å². The summed E-state index contributed by atoms with van der Waals surface area (Å²) in [7, 11) is 1.68. The Bertz CT molecular complexity index is 879. The van der Waals surface area contributed by atoms with E-state index in [0.717, 1.165) is 12.0 Å². The number of nitrogens with zero attached hydrogens (tertiary/aromatic N) is 2. The summed E-state index contributed by atoms with van der Waals surface area (Å²) < 4.78 is 13.1. The van der Waals surface area contributed by atoms with Crippen LogP contribution in [-0.2, 0) is 16.0 Å². The highest BCUT2D eigenvalue weighted by Crippen LogP contribution is 2.52. The summed E-state index contributed by atoms with van der Waals surface area (Å²) in [5.41, 5.74) is 0.862. The lowest BCUT2D eigenvalue weighted by atomic mass is 9.85. The van der Waals surface area contributed by atoms with Crippen molar-refractivity contribution in [3.05, 3.63) is 46.8 Å². The summed E-state index contributed by atoms with van der Waals surface area (Å²) in [6, 6.07) is 4.38. The first-order valence-electron chi connectivity index (χ1n) is 10.4. The number of amides is 2. The molecule has 2 aliphatic carbocycles. The van der Waals surface area contributed by atoms with Gasteiger partial charge in [0, 0.05) is 31.7 Å². The van der Waals surface area contributed by atoms with Gasteiger partial charge in [0.15, 0.2) is 5.96 Å². The van der Waals surface area contributed by atoms with Gasteiger partial charge in [-0.1, -0.05) is 29.8 Å². The molecule has 0 aromatic heterocycles. The molecule has 1 saturated carbocycles. The molecule has 168 valence electrons. The van der Waals surface area contributed by atoms with E-state index >= 15 is 0 Å². The van der Waals surface area contributed by atoms with Gasteiger partial charge < -0.3 is 10.6 Å². The highest BCUT2D eigenvalue weighted by Gasteiger charge is 2.58. The van der Waals surface area contributed by atoms with Crippen LogP contribution in [0.25, 0.3) is 0 Å². The molecule has 1 saturated heterocycles. The summed E-state index contributed by atoms with van der Waals surface area (Å²) in [6.45, 7) is 1.61. The second-order valence-electron chi connectivity index (χ2n) is 8.09. The molecule has 0 spiro atoms. The van der Waals surface area contributed by atoms with Crippen molar-refractivity contribution in [2.45, 2.75) is 19.3 Å². The number of carbonyl (C=O) groups excluding carboxylic acids is 2. The Hall–Kier alpha value is -1.68. The molecule has 4 unspecified atom stereocenters. The SMILES string of the molecule is CN=C(NCCCN1C(=O)C2C3C=CC(C3)C2C1=O)NCCc1ccc(F)cc1Cl.I. The Kier molecular flexibility index (Phi) is 7.96.